The lowest BCUT2D eigenvalue weighted by atomic mass is 9.99. The summed E-state index contributed by atoms with van der Waals surface area (Å²) >= 11 is 6.56. The Bertz CT molecular complexity index is 1730. The number of pyridine rings is 1. The molecule has 40 heavy (non-hydrogen) atoms. The molecule has 1 aromatic carbocycles. The molecule has 1 N–H and O–H groups in total. The zero-order chi connectivity index (χ0) is 28.6. The molecule has 3 aliphatic rings. The number of benzene rings is 1. The lowest BCUT2D eigenvalue weighted by molar-refractivity contribution is -0.134. The quantitative estimate of drug-likeness (QED) is 0.355. The van der Waals surface area contributed by atoms with Gasteiger partial charge >= 0.3 is 0 Å². The summed E-state index contributed by atoms with van der Waals surface area (Å²) < 4.78 is 25.8. The van der Waals surface area contributed by atoms with Crippen molar-refractivity contribution < 1.29 is 23.1 Å². The first-order valence-electron chi connectivity index (χ1n) is 12.5. The van der Waals surface area contributed by atoms with Crippen LogP contribution in [-0.4, -0.2) is 68.1 Å². The largest absolute Gasteiger partial charge is 0.481 e. The van der Waals surface area contributed by atoms with E-state index in [0.717, 1.165) is 25.1 Å². The normalized spacial score (nSPS) is 20.9. The van der Waals surface area contributed by atoms with Crippen LogP contribution in [0.25, 0.3) is 11.7 Å². The van der Waals surface area contributed by atoms with Crippen molar-refractivity contribution in [3.63, 3.8) is 0 Å². The average molecular weight is 599 g/mol. The number of carbonyl (C=O) groups excluding carboxylic acids is 1. The number of carbonyl (C=O) groups is 2. The van der Waals surface area contributed by atoms with Crippen molar-refractivity contribution in [1.29, 1.82) is 0 Å². The van der Waals surface area contributed by atoms with Gasteiger partial charge in [0.2, 0.25) is 0 Å². The molecule has 1 atom stereocenters. The van der Waals surface area contributed by atoms with E-state index in [4.69, 9.17) is 27.1 Å². The van der Waals surface area contributed by atoms with Crippen molar-refractivity contribution in [1.82, 2.24) is 14.3 Å². The summed E-state index contributed by atoms with van der Waals surface area (Å²) in [7, 11) is -3.19. The Kier molecular flexibility index (Phi) is 7.80. The zero-order valence-electron chi connectivity index (χ0n) is 21.5. The highest BCUT2D eigenvalue weighted by Crippen LogP contribution is 2.37. The fraction of sp³-hybridized carbons (Fsp3) is 0.296. The van der Waals surface area contributed by atoms with Gasteiger partial charge in [0.15, 0.2) is 9.84 Å². The Hall–Kier alpha value is -3.55. The van der Waals surface area contributed by atoms with Gasteiger partial charge in [0.1, 0.15) is 15.8 Å². The van der Waals surface area contributed by atoms with Gasteiger partial charge in [-0.2, -0.15) is 0 Å². The Morgan fingerprint density at radius 2 is 1.85 bits per heavy atom. The highest BCUT2D eigenvalue weighted by atomic mass is 32.2. The SMILES string of the molecule is CC(=O)O.O=C1/C(=C/c2c(N3CCc4ccccc4C3)nc3ccccn3c2=O)SC(=S)N1C1CCS(=O)(=O)C1. The number of hydrogen-bond donors (Lipinski definition) is 1. The Balaban J connectivity index is 0.000000758. The number of aromatic nitrogens is 2. The number of aliphatic carboxylic acids is 1. The third kappa shape index (κ3) is 5.67. The number of thioether (sulfide) groups is 1. The second-order valence-corrected chi connectivity index (χ2v) is 13.6. The van der Waals surface area contributed by atoms with Gasteiger partial charge in [0, 0.05) is 26.2 Å². The molecule has 3 aliphatic heterocycles. The monoisotopic (exact) mass is 598 g/mol. The van der Waals surface area contributed by atoms with Gasteiger partial charge in [-0.15, -0.1) is 0 Å². The van der Waals surface area contributed by atoms with Gasteiger partial charge in [-0.3, -0.25) is 23.7 Å². The number of fused-ring (bicyclic) bond motifs is 2. The van der Waals surface area contributed by atoms with Gasteiger partial charge in [0.25, 0.3) is 17.4 Å². The molecule has 1 amide bonds. The minimum absolute atomic E-state index is 0.0459. The number of rotatable bonds is 3. The molecule has 208 valence electrons. The lowest BCUT2D eigenvalue weighted by Gasteiger charge is -2.30. The van der Waals surface area contributed by atoms with Crippen molar-refractivity contribution in [3.8, 4) is 0 Å². The number of carboxylic acids is 1. The van der Waals surface area contributed by atoms with Crippen LogP contribution in [0.1, 0.15) is 30.0 Å². The first kappa shape index (κ1) is 28.0. The van der Waals surface area contributed by atoms with Crippen LogP contribution in [0.15, 0.2) is 58.4 Å². The molecule has 2 fully saturated rings. The van der Waals surface area contributed by atoms with E-state index in [1.54, 1.807) is 24.4 Å². The molecule has 0 spiro atoms. The molecular weight excluding hydrogens is 573 g/mol. The molecule has 13 heteroatoms. The van der Waals surface area contributed by atoms with Crippen molar-refractivity contribution >= 4 is 67.6 Å². The molecule has 0 aliphatic carbocycles. The maximum atomic E-state index is 13.6. The van der Waals surface area contributed by atoms with Gasteiger partial charge in [-0.05, 0) is 42.2 Å². The number of thiocarbonyl (C=S) groups is 1. The number of hydrogen-bond acceptors (Lipinski definition) is 9. The van der Waals surface area contributed by atoms with E-state index >= 15 is 0 Å². The molecule has 0 radical (unpaired) electrons. The molecule has 3 aromatic rings. The summed E-state index contributed by atoms with van der Waals surface area (Å²) in [5.74, 6) is -0.718. The molecule has 2 aromatic heterocycles. The van der Waals surface area contributed by atoms with Crippen molar-refractivity contribution in [3.05, 3.63) is 80.6 Å². The summed E-state index contributed by atoms with van der Waals surface area (Å²) in [6.07, 6.45) is 4.42. The molecule has 1 unspecified atom stereocenters. The van der Waals surface area contributed by atoms with Gasteiger partial charge in [0.05, 0.1) is 28.0 Å². The summed E-state index contributed by atoms with van der Waals surface area (Å²) in [5.41, 5.74) is 3.02. The van der Waals surface area contributed by atoms with Crippen LogP contribution in [-0.2, 0) is 32.4 Å². The molecular formula is C27H26N4O6S3. The maximum absolute atomic E-state index is 13.6. The Morgan fingerprint density at radius 3 is 2.55 bits per heavy atom. The zero-order valence-corrected chi connectivity index (χ0v) is 24.0. The van der Waals surface area contributed by atoms with Gasteiger partial charge < -0.3 is 10.0 Å². The summed E-state index contributed by atoms with van der Waals surface area (Å²) in [6, 6.07) is 13.1. The molecule has 10 nitrogen and oxygen atoms in total. The van der Waals surface area contributed by atoms with E-state index in [1.807, 2.05) is 18.2 Å². The second-order valence-electron chi connectivity index (χ2n) is 9.65. The maximum Gasteiger partial charge on any atom is 0.300 e. The molecule has 5 heterocycles. The predicted octanol–water partition coefficient (Wildman–Crippen LogP) is 2.74. The first-order valence-corrected chi connectivity index (χ1v) is 15.6. The van der Waals surface area contributed by atoms with Crippen LogP contribution in [0.5, 0.6) is 0 Å². The van der Waals surface area contributed by atoms with Crippen LogP contribution >= 0.6 is 24.0 Å². The van der Waals surface area contributed by atoms with E-state index in [0.29, 0.717) is 45.8 Å². The van der Waals surface area contributed by atoms with E-state index in [1.165, 1.54) is 20.4 Å². The summed E-state index contributed by atoms with van der Waals surface area (Å²) in [4.78, 5) is 44.6. The third-order valence-corrected chi connectivity index (χ3v) is 9.93. The number of sulfone groups is 1. The fourth-order valence-corrected chi connectivity index (χ4v) is 8.12. The highest BCUT2D eigenvalue weighted by Gasteiger charge is 2.42. The van der Waals surface area contributed by atoms with E-state index in [9.17, 15) is 18.0 Å². The van der Waals surface area contributed by atoms with Gasteiger partial charge in [-0.25, -0.2) is 13.4 Å². The van der Waals surface area contributed by atoms with E-state index in [-0.39, 0.29) is 23.0 Å². The average Bonchev–Trinajstić information content (AvgIpc) is 3.41. The van der Waals surface area contributed by atoms with Crippen molar-refractivity contribution in [2.24, 2.45) is 0 Å². The van der Waals surface area contributed by atoms with Crippen LogP contribution in [0, 0.1) is 0 Å². The number of amides is 1. The smallest absolute Gasteiger partial charge is 0.300 e. The fourth-order valence-electron chi connectivity index (χ4n) is 5.04. The minimum Gasteiger partial charge on any atom is -0.481 e. The van der Waals surface area contributed by atoms with E-state index in [2.05, 4.69) is 17.0 Å². The molecule has 0 bridgehead atoms. The Morgan fingerprint density at radius 1 is 1.15 bits per heavy atom. The number of nitrogens with zero attached hydrogens (tertiary/aromatic N) is 4. The minimum atomic E-state index is -3.19. The highest BCUT2D eigenvalue weighted by molar-refractivity contribution is 8.26. The number of anilines is 1. The van der Waals surface area contributed by atoms with Crippen LogP contribution in [0.4, 0.5) is 5.82 Å². The Labute approximate surface area is 240 Å². The third-order valence-electron chi connectivity index (χ3n) is 6.85. The van der Waals surface area contributed by atoms with Crippen LogP contribution in [0.2, 0.25) is 0 Å². The topological polar surface area (TPSA) is 129 Å². The molecule has 0 saturated carbocycles. The molecule has 6 rings (SSSR count). The predicted molar refractivity (Wildman–Crippen MR) is 158 cm³/mol. The second kappa shape index (κ2) is 11.1. The number of carboxylic acid groups (broad SMARTS) is 1. The lowest BCUT2D eigenvalue weighted by Crippen LogP contribution is -2.39. The van der Waals surface area contributed by atoms with Crippen molar-refractivity contribution in [2.75, 3.05) is 23.0 Å². The standard InChI is InChI=1S/C25H22N4O4S3.C2H4O2/c30-23-19(13-20-24(31)29(25(34)35-20)18-9-12-36(32,33)15-18)22(26-21-7-3-4-10-28(21)23)27-11-8-16-5-1-2-6-17(16)14-27;1-2(3)4/h1-7,10,13,18H,8-9,11-12,14-15H2;1H3,(H,3,4)/b20-13-;. The first-order chi connectivity index (χ1) is 19.0. The van der Waals surface area contributed by atoms with Gasteiger partial charge in [-0.1, -0.05) is 54.3 Å². The van der Waals surface area contributed by atoms with E-state index < -0.39 is 21.8 Å². The van der Waals surface area contributed by atoms with Crippen molar-refractivity contribution in [2.45, 2.75) is 32.4 Å². The summed E-state index contributed by atoms with van der Waals surface area (Å²) in [6.45, 7) is 2.38. The summed E-state index contributed by atoms with van der Waals surface area (Å²) in [5, 5.41) is 7.42. The molecule has 2 saturated heterocycles. The van der Waals surface area contributed by atoms with Crippen LogP contribution in [0.3, 0.4) is 0 Å². The van der Waals surface area contributed by atoms with Crippen LogP contribution < -0.4 is 10.5 Å².